The molecule has 1 aromatic carbocycles. The number of nitro benzene ring substituents is 1. The van der Waals surface area contributed by atoms with Crippen molar-refractivity contribution in [3.8, 4) is 0 Å². The fourth-order valence-corrected chi connectivity index (χ4v) is 4.69. The van der Waals surface area contributed by atoms with E-state index in [4.69, 9.17) is 0 Å². The molecule has 1 aliphatic heterocycles. The second-order valence-corrected chi connectivity index (χ2v) is 9.59. The van der Waals surface area contributed by atoms with Crippen LogP contribution < -0.4 is 4.90 Å². The molecule has 0 N–H and O–H groups in total. The van der Waals surface area contributed by atoms with E-state index in [0.29, 0.717) is 38.8 Å². The minimum atomic E-state index is -5.66. The van der Waals surface area contributed by atoms with E-state index >= 15 is 0 Å². The summed E-state index contributed by atoms with van der Waals surface area (Å²) < 4.78 is 61.5. The Morgan fingerprint density at radius 1 is 1.23 bits per heavy atom. The number of alkyl halides is 3. The minimum Gasteiger partial charge on any atom is -0.363 e. The number of hydrogen-bond acceptors (Lipinski definition) is 8. The zero-order valence-corrected chi connectivity index (χ0v) is 17.6. The second kappa shape index (κ2) is 8.47. The summed E-state index contributed by atoms with van der Waals surface area (Å²) in [6.07, 6.45) is 0.863. The molecule has 1 fully saturated rings. The van der Waals surface area contributed by atoms with Crippen LogP contribution in [0.25, 0.3) is 0 Å². The number of anilines is 1. The highest BCUT2D eigenvalue weighted by molar-refractivity contribution is 7.92. The van der Waals surface area contributed by atoms with E-state index < -0.39 is 30.9 Å². The van der Waals surface area contributed by atoms with Crippen molar-refractivity contribution in [2.24, 2.45) is 0 Å². The molecule has 2 aromatic rings. The summed E-state index contributed by atoms with van der Waals surface area (Å²) in [5.74, 6) is 0. The number of halogens is 3. The molecule has 3 rings (SSSR count). The molecular formula is C17H19F3N4O4S2. The van der Waals surface area contributed by atoms with Crippen LogP contribution >= 0.6 is 11.3 Å². The van der Waals surface area contributed by atoms with Crippen LogP contribution in [0.5, 0.6) is 0 Å². The third-order valence-corrected chi connectivity index (χ3v) is 7.28. The molecule has 13 heteroatoms. The van der Waals surface area contributed by atoms with Gasteiger partial charge in [-0.15, -0.1) is 11.3 Å². The molecule has 0 unspecified atom stereocenters. The van der Waals surface area contributed by atoms with Crippen LogP contribution in [0.15, 0.2) is 28.5 Å². The molecule has 1 aromatic heterocycles. The summed E-state index contributed by atoms with van der Waals surface area (Å²) in [5.41, 5.74) is -5.14. The molecule has 164 valence electrons. The Morgan fingerprint density at radius 2 is 1.90 bits per heavy atom. The molecule has 2 heterocycles. The number of benzene rings is 1. The van der Waals surface area contributed by atoms with Crippen molar-refractivity contribution < 1.29 is 26.5 Å². The van der Waals surface area contributed by atoms with Gasteiger partial charge in [0.2, 0.25) is 0 Å². The number of aromatic nitrogens is 1. The number of nitrogens with zero attached hydrogens (tertiary/aromatic N) is 4. The molecule has 0 atom stereocenters. The van der Waals surface area contributed by atoms with Crippen LogP contribution in [0.1, 0.15) is 17.6 Å². The number of sulfone groups is 1. The quantitative estimate of drug-likeness (QED) is 0.478. The van der Waals surface area contributed by atoms with Crippen LogP contribution in [0, 0.1) is 10.1 Å². The van der Waals surface area contributed by atoms with E-state index in [9.17, 15) is 31.7 Å². The van der Waals surface area contributed by atoms with Crippen molar-refractivity contribution in [3.63, 3.8) is 0 Å². The van der Waals surface area contributed by atoms with Gasteiger partial charge >= 0.3 is 5.51 Å². The van der Waals surface area contributed by atoms with E-state index in [0.717, 1.165) is 29.3 Å². The molecular weight excluding hydrogens is 445 g/mol. The predicted octanol–water partition coefficient (Wildman–Crippen LogP) is 3.23. The predicted molar refractivity (Wildman–Crippen MR) is 105 cm³/mol. The molecule has 1 saturated heterocycles. The van der Waals surface area contributed by atoms with E-state index in [1.807, 2.05) is 12.3 Å². The molecule has 1 aliphatic rings. The lowest BCUT2D eigenvalue weighted by molar-refractivity contribution is -0.384. The van der Waals surface area contributed by atoms with E-state index in [2.05, 4.69) is 9.88 Å². The van der Waals surface area contributed by atoms with Crippen molar-refractivity contribution in [1.29, 1.82) is 0 Å². The SMILES string of the molecule is CCc1nc(CN2CCN(c3ccc(S(=O)(=O)C(F)(F)F)cc3[N+](=O)[O-])CC2)cs1. The van der Waals surface area contributed by atoms with E-state index in [1.165, 1.54) is 0 Å². The second-order valence-electron chi connectivity index (χ2n) is 6.71. The molecule has 8 nitrogen and oxygen atoms in total. The number of thiazole rings is 1. The standard InChI is InChI=1S/C17H19F3N4O4S2/c1-2-16-21-12(11-29-16)10-22-5-7-23(8-6-22)14-4-3-13(9-15(14)24(25)26)30(27,28)17(18,19)20/h3-4,9,11H,2,5-8,10H2,1H3. The average Bonchev–Trinajstić information content (AvgIpc) is 3.15. The molecule has 0 radical (unpaired) electrons. The molecule has 0 amide bonds. The Labute approximate surface area is 175 Å². The normalized spacial score (nSPS) is 16.1. The highest BCUT2D eigenvalue weighted by Crippen LogP contribution is 2.36. The Hall–Kier alpha value is -2.25. The van der Waals surface area contributed by atoms with Crippen molar-refractivity contribution in [1.82, 2.24) is 9.88 Å². The van der Waals surface area contributed by atoms with Crippen LogP contribution in [-0.2, 0) is 22.8 Å². The summed E-state index contributed by atoms with van der Waals surface area (Å²) in [4.78, 5) is 17.7. The van der Waals surface area contributed by atoms with Gasteiger partial charge in [-0.3, -0.25) is 15.0 Å². The summed E-state index contributed by atoms with van der Waals surface area (Å²) in [6.45, 7) is 4.67. The largest absolute Gasteiger partial charge is 0.501 e. The zero-order chi connectivity index (χ0) is 22.1. The van der Waals surface area contributed by atoms with Crippen molar-refractivity contribution in [2.75, 3.05) is 31.1 Å². The summed E-state index contributed by atoms with van der Waals surface area (Å²) in [6, 6.07) is 2.31. The molecule has 0 bridgehead atoms. The number of rotatable bonds is 6. The van der Waals surface area contributed by atoms with Gasteiger partial charge in [0.25, 0.3) is 15.5 Å². The summed E-state index contributed by atoms with van der Waals surface area (Å²) >= 11 is 1.59. The molecule has 0 spiro atoms. The lowest BCUT2D eigenvalue weighted by atomic mass is 10.2. The van der Waals surface area contributed by atoms with Gasteiger partial charge < -0.3 is 4.90 Å². The maximum absolute atomic E-state index is 12.8. The minimum absolute atomic E-state index is 0.0997. The molecule has 0 saturated carbocycles. The Morgan fingerprint density at radius 3 is 2.43 bits per heavy atom. The van der Waals surface area contributed by atoms with E-state index in [1.54, 1.807) is 16.2 Å². The summed E-state index contributed by atoms with van der Waals surface area (Å²) in [7, 11) is -5.66. The molecule has 30 heavy (non-hydrogen) atoms. The fraction of sp³-hybridized carbons (Fsp3) is 0.471. The number of aryl methyl sites for hydroxylation is 1. The van der Waals surface area contributed by atoms with E-state index in [-0.39, 0.29) is 5.69 Å². The monoisotopic (exact) mass is 464 g/mol. The number of nitro groups is 1. The zero-order valence-electron chi connectivity index (χ0n) is 15.9. The lowest BCUT2D eigenvalue weighted by Crippen LogP contribution is -2.46. The van der Waals surface area contributed by atoms with Crippen molar-refractivity contribution in [3.05, 3.63) is 44.4 Å². The third kappa shape index (κ3) is 4.57. The van der Waals surface area contributed by atoms with Crippen molar-refractivity contribution >= 4 is 32.5 Å². The topological polar surface area (TPSA) is 96.7 Å². The molecule has 0 aliphatic carbocycles. The highest BCUT2D eigenvalue weighted by atomic mass is 32.2. The first-order valence-electron chi connectivity index (χ1n) is 9.03. The van der Waals surface area contributed by atoms with Gasteiger partial charge in [0.15, 0.2) is 0 Å². The first kappa shape index (κ1) is 22.4. The third-order valence-electron chi connectivity index (χ3n) is 4.76. The van der Waals surface area contributed by atoms with Gasteiger partial charge in [0, 0.05) is 44.2 Å². The van der Waals surface area contributed by atoms with Crippen LogP contribution in [0.2, 0.25) is 0 Å². The van der Waals surface area contributed by atoms with Crippen LogP contribution in [-0.4, -0.2) is 54.9 Å². The van der Waals surface area contributed by atoms with Crippen molar-refractivity contribution in [2.45, 2.75) is 30.3 Å². The Bertz CT molecular complexity index is 1030. The first-order chi connectivity index (χ1) is 14.0. The van der Waals surface area contributed by atoms with Gasteiger partial charge in [-0.1, -0.05) is 6.92 Å². The van der Waals surface area contributed by atoms with Gasteiger partial charge in [0.05, 0.1) is 20.5 Å². The number of hydrogen-bond donors (Lipinski definition) is 0. The smallest absolute Gasteiger partial charge is 0.363 e. The van der Waals surface area contributed by atoms with Crippen LogP contribution in [0.4, 0.5) is 24.5 Å². The number of piperazine rings is 1. The van der Waals surface area contributed by atoms with Crippen LogP contribution in [0.3, 0.4) is 0 Å². The van der Waals surface area contributed by atoms with Gasteiger partial charge in [-0.05, 0) is 18.6 Å². The average molecular weight is 464 g/mol. The first-order valence-corrected chi connectivity index (χ1v) is 11.4. The van der Waals surface area contributed by atoms with Gasteiger partial charge in [-0.25, -0.2) is 13.4 Å². The maximum atomic E-state index is 12.8. The Balaban J connectivity index is 1.75. The maximum Gasteiger partial charge on any atom is 0.501 e. The van der Waals surface area contributed by atoms with Gasteiger partial charge in [-0.2, -0.15) is 13.2 Å². The highest BCUT2D eigenvalue weighted by Gasteiger charge is 2.47. The fourth-order valence-electron chi connectivity index (χ4n) is 3.18. The summed E-state index contributed by atoms with van der Waals surface area (Å²) in [5, 5.41) is 14.5. The Kier molecular flexibility index (Phi) is 6.34. The lowest BCUT2D eigenvalue weighted by Gasteiger charge is -2.35. The van der Waals surface area contributed by atoms with Gasteiger partial charge in [0.1, 0.15) is 5.69 Å².